The van der Waals surface area contributed by atoms with Crippen LogP contribution in [0.15, 0.2) is 0 Å². The molecule has 1 saturated heterocycles. The Kier molecular flexibility index (Phi) is 5.83. The first-order chi connectivity index (χ1) is 8.64. The number of hydrogen-bond donors (Lipinski definition) is 1. The molecule has 0 aromatic rings. The van der Waals surface area contributed by atoms with Crippen molar-refractivity contribution in [2.75, 3.05) is 19.3 Å². The van der Waals surface area contributed by atoms with E-state index in [1.165, 1.54) is 12.8 Å². The van der Waals surface area contributed by atoms with Crippen LogP contribution in [0.25, 0.3) is 0 Å². The Labute approximate surface area is 119 Å². The van der Waals surface area contributed by atoms with Gasteiger partial charge in [-0.3, -0.25) is 0 Å². The number of piperidine rings is 1. The van der Waals surface area contributed by atoms with Gasteiger partial charge in [-0.2, -0.15) is 0 Å². The van der Waals surface area contributed by atoms with Crippen LogP contribution in [0.5, 0.6) is 0 Å². The molecule has 0 aromatic carbocycles. The van der Waals surface area contributed by atoms with Gasteiger partial charge in [0.1, 0.15) is 0 Å². The first kappa shape index (κ1) is 16.9. The quantitative estimate of drug-likeness (QED) is 0.844. The summed E-state index contributed by atoms with van der Waals surface area (Å²) in [6.07, 6.45) is 4.26. The van der Waals surface area contributed by atoms with Gasteiger partial charge in [0.2, 0.25) is 10.0 Å². The highest BCUT2D eigenvalue weighted by molar-refractivity contribution is 7.89. The van der Waals surface area contributed by atoms with Gasteiger partial charge in [0.15, 0.2) is 0 Å². The molecule has 0 aliphatic carbocycles. The zero-order valence-electron chi connectivity index (χ0n) is 13.1. The van der Waals surface area contributed by atoms with E-state index in [1.54, 1.807) is 11.4 Å². The summed E-state index contributed by atoms with van der Waals surface area (Å²) in [4.78, 5) is 0. The van der Waals surface area contributed by atoms with Gasteiger partial charge < -0.3 is 5.32 Å². The molecule has 2 unspecified atom stereocenters. The summed E-state index contributed by atoms with van der Waals surface area (Å²) in [5.41, 5.74) is -0.0368. The standard InChI is InChI=1S/C14H30N2O2S/c1-12(14(2,3)4)16(5)19(17,18)11-9-13-8-6-7-10-15-13/h12-13,15H,6-11H2,1-5H3. The number of hydrogen-bond acceptors (Lipinski definition) is 3. The second kappa shape index (κ2) is 6.55. The van der Waals surface area contributed by atoms with E-state index in [4.69, 9.17) is 0 Å². The second-order valence-electron chi connectivity index (χ2n) is 6.81. The van der Waals surface area contributed by atoms with E-state index < -0.39 is 10.0 Å². The molecule has 1 heterocycles. The Morgan fingerprint density at radius 1 is 1.32 bits per heavy atom. The summed E-state index contributed by atoms with van der Waals surface area (Å²) in [5.74, 6) is 0.252. The molecule has 0 saturated carbocycles. The van der Waals surface area contributed by atoms with Crippen LogP contribution >= 0.6 is 0 Å². The Bertz CT molecular complexity index is 367. The van der Waals surface area contributed by atoms with Crippen molar-refractivity contribution >= 4 is 10.0 Å². The third-order valence-corrected chi connectivity index (χ3v) is 6.32. The molecule has 1 aliphatic rings. The highest BCUT2D eigenvalue weighted by atomic mass is 32.2. The van der Waals surface area contributed by atoms with E-state index in [0.717, 1.165) is 19.4 Å². The number of sulfonamides is 1. The summed E-state index contributed by atoms with van der Waals surface area (Å²) in [6, 6.07) is 0.388. The molecule has 0 bridgehead atoms. The summed E-state index contributed by atoms with van der Waals surface area (Å²) in [6.45, 7) is 9.24. The fourth-order valence-electron chi connectivity index (χ4n) is 2.39. The van der Waals surface area contributed by atoms with Crippen LogP contribution in [0, 0.1) is 5.41 Å². The molecule has 0 spiro atoms. The predicted molar refractivity (Wildman–Crippen MR) is 80.7 cm³/mol. The monoisotopic (exact) mass is 290 g/mol. The average molecular weight is 290 g/mol. The van der Waals surface area contributed by atoms with Gasteiger partial charge in [-0.1, -0.05) is 27.2 Å². The van der Waals surface area contributed by atoms with Gasteiger partial charge in [0.25, 0.3) is 0 Å². The molecule has 4 nitrogen and oxygen atoms in total. The maximum Gasteiger partial charge on any atom is 0.214 e. The molecule has 1 N–H and O–H groups in total. The van der Waals surface area contributed by atoms with Crippen molar-refractivity contribution in [2.45, 2.75) is 65.5 Å². The zero-order valence-corrected chi connectivity index (χ0v) is 13.9. The van der Waals surface area contributed by atoms with Gasteiger partial charge in [-0.05, 0) is 38.1 Å². The lowest BCUT2D eigenvalue weighted by Gasteiger charge is -2.35. The van der Waals surface area contributed by atoms with Crippen LogP contribution < -0.4 is 5.32 Å². The number of rotatable bonds is 5. The van der Waals surface area contributed by atoms with E-state index in [9.17, 15) is 8.42 Å². The van der Waals surface area contributed by atoms with Crippen molar-refractivity contribution in [2.24, 2.45) is 5.41 Å². The molecular weight excluding hydrogens is 260 g/mol. The van der Waals surface area contributed by atoms with E-state index in [-0.39, 0.29) is 17.2 Å². The third-order valence-electron chi connectivity index (χ3n) is 4.37. The van der Waals surface area contributed by atoms with Crippen LogP contribution in [-0.2, 0) is 10.0 Å². The van der Waals surface area contributed by atoms with E-state index in [0.29, 0.717) is 6.04 Å². The lowest BCUT2D eigenvalue weighted by atomic mass is 9.88. The average Bonchev–Trinajstić information content (AvgIpc) is 2.35. The lowest BCUT2D eigenvalue weighted by molar-refractivity contribution is 0.216. The molecule has 5 heteroatoms. The van der Waals surface area contributed by atoms with Gasteiger partial charge in [-0.15, -0.1) is 0 Å². The lowest BCUT2D eigenvalue weighted by Crippen LogP contribution is -2.45. The second-order valence-corrected chi connectivity index (χ2v) is 8.96. The Hall–Kier alpha value is -0.130. The van der Waals surface area contributed by atoms with Crippen molar-refractivity contribution in [1.82, 2.24) is 9.62 Å². The van der Waals surface area contributed by atoms with Crippen molar-refractivity contribution in [3.8, 4) is 0 Å². The molecular formula is C14H30N2O2S. The number of nitrogens with zero attached hydrogens (tertiary/aromatic N) is 1. The summed E-state index contributed by atoms with van der Waals surface area (Å²) < 4.78 is 26.3. The first-order valence-electron chi connectivity index (χ1n) is 7.33. The maximum atomic E-state index is 12.4. The topological polar surface area (TPSA) is 49.4 Å². The molecule has 0 radical (unpaired) electrons. The van der Waals surface area contributed by atoms with Gasteiger partial charge in [0.05, 0.1) is 5.75 Å². The molecule has 2 atom stereocenters. The number of nitrogens with one attached hydrogen (secondary N) is 1. The fourth-order valence-corrected chi connectivity index (χ4v) is 4.06. The van der Waals surface area contributed by atoms with Gasteiger partial charge in [0, 0.05) is 19.1 Å². The molecule has 0 aromatic heterocycles. The van der Waals surface area contributed by atoms with Crippen molar-refractivity contribution in [1.29, 1.82) is 0 Å². The highest BCUT2D eigenvalue weighted by Gasteiger charge is 2.31. The first-order valence-corrected chi connectivity index (χ1v) is 8.94. The summed E-state index contributed by atoms with van der Waals surface area (Å²) in [5, 5.41) is 3.41. The molecule has 19 heavy (non-hydrogen) atoms. The minimum Gasteiger partial charge on any atom is -0.314 e. The van der Waals surface area contributed by atoms with Gasteiger partial charge in [-0.25, -0.2) is 12.7 Å². The van der Waals surface area contributed by atoms with E-state index in [1.807, 2.05) is 6.92 Å². The van der Waals surface area contributed by atoms with Crippen LogP contribution in [0.1, 0.15) is 53.4 Å². The SMILES string of the molecule is CC(N(C)S(=O)(=O)CCC1CCCCN1)C(C)(C)C. The minimum absolute atomic E-state index is 0.0109. The third kappa shape index (κ3) is 5.04. The molecule has 114 valence electrons. The smallest absolute Gasteiger partial charge is 0.214 e. The predicted octanol–water partition coefficient (Wildman–Crippen LogP) is 2.21. The summed E-state index contributed by atoms with van der Waals surface area (Å²) >= 11 is 0. The molecule has 1 fully saturated rings. The largest absolute Gasteiger partial charge is 0.314 e. The van der Waals surface area contributed by atoms with Crippen molar-refractivity contribution in [3.05, 3.63) is 0 Å². The Balaban J connectivity index is 2.55. The molecule has 1 aliphatic heterocycles. The highest BCUT2D eigenvalue weighted by Crippen LogP contribution is 2.25. The van der Waals surface area contributed by atoms with E-state index in [2.05, 4.69) is 26.1 Å². The maximum absolute atomic E-state index is 12.4. The van der Waals surface area contributed by atoms with E-state index >= 15 is 0 Å². The van der Waals surface area contributed by atoms with Crippen molar-refractivity contribution in [3.63, 3.8) is 0 Å². The van der Waals surface area contributed by atoms with Crippen LogP contribution in [0.3, 0.4) is 0 Å². The van der Waals surface area contributed by atoms with Crippen molar-refractivity contribution < 1.29 is 8.42 Å². The van der Waals surface area contributed by atoms with Crippen LogP contribution in [-0.4, -0.2) is 44.2 Å². The van der Waals surface area contributed by atoms with Crippen LogP contribution in [0.4, 0.5) is 0 Å². The zero-order chi connectivity index (χ0) is 14.7. The molecule has 1 rings (SSSR count). The summed E-state index contributed by atoms with van der Waals surface area (Å²) in [7, 11) is -1.44. The van der Waals surface area contributed by atoms with Gasteiger partial charge >= 0.3 is 0 Å². The minimum atomic E-state index is -3.15. The Morgan fingerprint density at radius 2 is 1.95 bits per heavy atom. The van der Waals surface area contributed by atoms with Crippen LogP contribution in [0.2, 0.25) is 0 Å². The Morgan fingerprint density at radius 3 is 2.42 bits per heavy atom. The molecule has 0 amide bonds. The fraction of sp³-hybridized carbons (Fsp3) is 1.00. The normalized spacial score (nSPS) is 23.6.